The Labute approximate surface area is 117 Å². The molecule has 0 aliphatic rings. The number of allylic oxidation sites excluding steroid dienone is 1. The van der Waals surface area contributed by atoms with E-state index >= 15 is 0 Å². The van der Waals surface area contributed by atoms with Gasteiger partial charge in [0.25, 0.3) is 5.56 Å². The largest absolute Gasteiger partial charge is 0.462 e. The molecule has 1 rings (SSSR count). The Balaban J connectivity index is 3.26. The molecule has 0 fully saturated rings. The Morgan fingerprint density at radius 1 is 1.50 bits per heavy atom. The van der Waals surface area contributed by atoms with Gasteiger partial charge in [-0.05, 0) is 25.5 Å². The number of pyridine rings is 1. The number of esters is 1. The highest BCUT2D eigenvalue weighted by molar-refractivity contribution is 6.03. The van der Waals surface area contributed by atoms with Crippen LogP contribution in [0.15, 0.2) is 52.4 Å². The molecule has 1 aromatic heterocycles. The Morgan fingerprint density at radius 2 is 2.20 bits per heavy atom. The first-order valence-electron chi connectivity index (χ1n) is 6.21. The normalized spacial score (nSPS) is 12.2. The number of rotatable bonds is 4. The summed E-state index contributed by atoms with van der Waals surface area (Å²) in [5.41, 5.74) is 0.941. The molecule has 1 heterocycles. The number of hydrogen-bond acceptors (Lipinski definition) is 4. The van der Waals surface area contributed by atoms with Crippen LogP contribution in [0.25, 0.3) is 0 Å². The van der Waals surface area contributed by atoms with Gasteiger partial charge in [0.2, 0.25) is 0 Å². The van der Waals surface area contributed by atoms with E-state index in [0.717, 1.165) is 5.56 Å². The fraction of sp³-hybridized carbons (Fsp3) is 0.267. The third kappa shape index (κ3) is 3.78. The van der Waals surface area contributed by atoms with E-state index in [9.17, 15) is 9.59 Å². The van der Waals surface area contributed by atoms with E-state index in [2.05, 4.69) is 11.6 Å². The van der Waals surface area contributed by atoms with Crippen molar-refractivity contribution in [1.29, 1.82) is 0 Å². The lowest BCUT2D eigenvalue weighted by Crippen LogP contribution is -2.25. The highest BCUT2D eigenvalue weighted by Gasteiger charge is 2.10. The first-order chi connectivity index (χ1) is 9.53. The maximum Gasteiger partial charge on any atom is 0.338 e. The fourth-order valence-electron chi connectivity index (χ4n) is 1.57. The summed E-state index contributed by atoms with van der Waals surface area (Å²) in [4.78, 5) is 27.6. The fourth-order valence-corrected chi connectivity index (χ4v) is 1.57. The minimum atomic E-state index is -0.496. The summed E-state index contributed by atoms with van der Waals surface area (Å²) >= 11 is 0. The van der Waals surface area contributed by atoms with Gasteiger partial charge < -0.3 is 4.74 Å². The molecule has 0 unspecified atom stereocenters. The highest BCUT2D eigenvalue weighted by Crippen LogP contribution is 2.02. The molecule has 5 heteroatoms. The van der Waals surface area contributed by atoms with Crippen LogP contribution in [-0.4, -0.2) is 30.0 Å². The van der Waals surface area contributed by atoms with E-state index in [-0.39, 0.29) is 17.7 Å². The summed E-state index contributed by atoms with van der Waals surface area (Å²) in [6.07, 6.45) is 4.52. The summed E-state index contributed by atoms with van der Waals surface area (Å²) in [7, 11) is 1.55. The molecule has 0 aromatic carbocycles. The van der Waals surface area contributed by atoms with Crippen molar-refractivity contribution in [2.45, 2.75) is 13.8 Å². The van der Waals surface area contributed by atoms with Gasteiger partial charge in [0, 0.05) is 19.3 Å². The van der Waals surface area contributed by atoms with Crippen molar-refractivity contribution in [3.63, 3.8) is 0 Å². The molecule has 0 spiro atoms. The monoisotopic (exact) mass is 274 g/mol. The maximum absolute atomic E-state index is 11.8. The average molecular weight is 274 g/mol. The van der Waals surface area contributed by atoms with Gasteiger partial charge in [-0.25, -0.2) is 4.79 Å². The Morgan fingerprint density at radius 3 is 2.75 bits per heavy atom. The van der Waals surface area contributed by atoms with Crippen molar-refractivity contribution in [2.24, 2.45) is 4.99 Å². The van der Waals surface area contributed by atoms with Crippen LogP contribution < -0.4 is 5.56 Å². The second-order valence-electron chi connectivity index (χ2n) is 4.02. The molecule has 0 amide bonds. The molecule has 5 nitrogen and oxygen atoms in total. The van der Waals surface area contributed by atoms with Gasteiger partial charge in [-0.15, -0.1) is 0 Å². The zero-order valence-corrected chi connectivity index (χ0v) is 11.9. The quantitative estimate of drug-likeness (QED) is 0.276. The number of aromatic nitrogens is 1. The third-order valence-electron chi connectivity index (χ3n) is 2.55. The number of nitrogens with zero attached hydrogens (tertiary/aromatic N) is 2. The molecule has 0 saturated heterocycles. The minimum Gasteiger partial charge on any atom is -0.462 e. The molecule has 0 aliphatic carbocycles. The third-order valence-corrected chi connectivity index (χ3v) is 2.55. The SMILES string of the molecule is C=C/C(=C\C(=NC)n1cc(C)ccc1=O)C(=O)OCC. The molecule has 0 bridgehead atoms. The molecule has 1 aromatic rings. The van der Waals surface area contributed by atoms with E-state index in [1.54, 1.807) is 26.2 Å². The second kappa shape index (κ2) is 7.23. The van der Waals surface area contributed by atoms with Crippen molar-refractivity contribution >= 4 is 11.8 Å². The Hall–Kier alpha value is -2.43. The van der Waals surface area contributed by atoms with Crippen molar-refractivity contribution in [2.75, 3.05) is 13.7 Å². The number of ether oxygens (including phenoxy) is 1. The summed E-state index contributed by atoms with van der Waals surface area (Å²) in [6, 6.07) is 3.17. The lowest BCUT2D eigenvalue weighted by atomic mass is 10.2. The van der Waals surface area contributed by atoms with Gasteiger partial charge in [0.1, 0.15) is 5.84 Å². The molecular formula is C15H18N2O3. The molecule has 20 heavy (non-hydrogen) atoms. The van der Waals surface area contributed by atoms with Crippen molar-refractivity contribution < 1.29 is 9.53 Å². The first-order valence-corrected chi connectivity index (χ1v) is 6.21. The van der Waals surface area contributed by atoms with E-state index in [4.69, 9.17) is 4.74 Å². The Kier molecular flexibility index (Phi) is 5.65. The minimum absolute atomic E-state index is 0.222. The van der Waals surface area contributed by atoms with E-state index < -0.39 is 5.97 Å². The van der Waals surface area contributed by atoms with E-state index in [1.807, 2.05) is 6.92 Å². The number of aryl methyl sites for hydroxylation is 1. The van der Waals surface area contributed by atoms with Crippen LogP contribution in [0.1, 0.15) is 12.5 Å². The van der Waals surface area contributed by atoms with E-state index in [1.165, 1.54) is 22.8 Å². The summed E-state index contributed by atoms with van der Waals surface area (Å²) in [5, 5.41) is 0. The van der Waals surface area contributed by atoms with E-state index in [0.29, 0.717) is 5.84 Å². The number of carbonyl (C=O) groups is 1. The number of aliphatic imine (C=N–C) groups is 1. The van der Waals surface area contributed by atoms with Gasteiger partial charge in [-0.2, -0.15) is 0 Å². The molecule has 0 aliphatic heterocycles. The van der Waals surface area contributed by atoms with Crippen LogP contribution in [0.5, 0.6) is 0 Å². The topological polar surface area (TPSA) is 60.7 Å². The zero-order valence-electron chi connectivity index (χ0n) is 11.9. The molecule has 0 radical (unpaired) electrons. The molecule has 0 atom stereocenters. The van der Waals surface area contributed by atoms with Crippen LogP contribution >= 0.6 is 0 Å². The lowest BCUT2D eigenvalue weighted by molar-refractivity contribution is -0.138. The van der Waals surface area contributed by atoms with Crippen LogP contribution in [0.4, 0.5) is 0 Å². The number of carbonyl (C=O) groups excluding carboxylic acids is 1. The summed E-state index contributed by atoms with van der Waals surface area (Å²) in [6.45, 7) is 7.43. The maximum atomic E-state index is 11.8. The van der Waals surface area contributed by atoms with Crippen LogP contribution in [0.3, 0.4) is 0 Å². The molecular weight excluding hydrogens is 256 g/mol. The molecule has 106 valence electrons. The molecule has 0 N–H and O–H groups in total. The van der Waals surface area contributed by atoms with Gasteiger partial charge in [-0.1, -0.05) is 18.7 Å². The smallest absolute Gasteiger partial charge is 0.338 e. The average Bonchev–Trinajstić information content (AvgIpc) is 2.43. The lowest BCUT2D eigenvalue weighted by Gasteiger charge is -2.08. The van der Waals surface area contributed by atoms with Gasteiger partial charge in [0.15, 0.2) is 0 Å². The van der Waals surface area contributed by atoms with Crippen molar-refractivity contribution in [3.8, 4) is 0 Å². The number of hydrogen-bond donors (Lipinski definition) is 0. The van der Waals surface area contributed by atoms with Gasteiger partial charge in [-0.3, -0.25) is 14.4 Å². The van der Waals surface area contributed by atoms with Crippen LogP contribution in [0, 0.1) is 6.92 Å². The highest BCUT2D eigenvalue weighted by atomic mass is 16.5. The standard InChI is InChI=1S/C15H18N2O3/c1-5-12(15(19)20-6-2)9-13(16-4)17-10-11(3)7-8-14(17)18/h5,7-10H,1,6H2,2-4H3/b12-9+,16-13?. The summed E-state index contributed by atoms with van der Waals surface area (Å²) < 4.78 is 6.28. The van der Waals surface area contributed by atoms with Crippen LogP contribution in [-0.2, 0) is 9.53 Å². The zero-order chi connectivity index (χ0) is 15.1. The van der Waals surface area contributed by atoms with Crippen molar-refractivity contribution in [3.05, 3.63) is 58.6 Å². The Bertz CT molecular complexity index is 624. The predicted molar refractivity (Wildman–Crippen MR) is 79.1 cm³/mol. The first kappa shape index (κ1) is 15.6. The second-order valence-corrected chi connectivity index (χ2v) is 4.02. The summed E-state index contributed by atoms with van der Waals surface area (Å²) in [5.74, 6) is -0.147. The van der Waals surface area contributed by atoms with Gasteiger partial charge >= 0.3 is 5.97 Å². The van der Waals surface area contributed by atoms with Gasteiger partial charge in [0.05, 0.1) is 12.2 Å². The van der Waals surface area contributed by atoms with Crippen molar-refractivity contribution in [1.82, 2.24) is 4.57 Å². The molecule has 0 saturated carbocycles. The predicted octanol–water partition coefficient (Wildman–Crippen LogP) is 1.71. The van der Waals surface area contributed by atoms with Crippen LogP contribution in [0.2, 0.25) is 0 Å².